The van der Waals surface area contributed by atoms with E-state index in [0.717, 1.165) is 29.9 Å². The summed E-state index contributed by atoms with van der Waals surface area (Å²) < 4.78 is 5.43. The molecule has 1 N–H and O–H groups in total. The Labute approximate surface area is 78.2 Å². The van der Waals surface area contributed by atoms with Gasteiger partial charge in [0.1, 0.15) is 5.75 Å². The molecule has 1 aromatic rings. The van der Waals surface area contributed by atoms with Gasteiger partial charge in [-0.3, -0.25) is 0 Å². The third-order valence-electron chi connectivity index (χ3n) is 2.53. The summed E-state index contributed by atoms with van der Waals surface area (Å²) in [5, 5.41) is 9.48. The lowest BCUT2D eigenvalue weighted by Crippen LogP contribution is -1.95. The van der Waals surface area contributed by atoms with Crippen molar-refractivity contribution in [2.24, 2.45) is 0 Å². The third kappa shape index (κ3) is 1.42. The highest BCUT2D eigenvalue weighted by molar-refractivity contribution is 5.44. The molecule has 1 aliphatic rings. The summed E-state index contributed by atoms with van der Waals surface area (Å²) in [5.41, 5.74) is 3.39. The molecule has 2 nitrogen and oxygen atoms in total. The first-order chi connectivity index (χ1) is 6.18. The molecule has 2 heteroatoms. The Bertz CT molecular complexity index is 329. The molecule has 0 aromatic heterocycles. The zero-order valence-corrected chi connectivity index (χ0v) is 8.00. The number of ether oxygens (including phenoxy) is 1. The summed E-state index contributed by atoms with van der Waals surface area (Å²) >= 11 is 0. The maximum atomic E-state index is 9.48. The summed E-state index contributed by atoms with van der Waals surface area (Å²) in [4.78, 5) is 0. The van der Waals surface area contributed by atoms with Gasteiger partial charge in [0.05, 0.1) is 12.7 Å². The van der Waals surface area contributed by atoms with Gasteiger partial charge in [-0.1, -0.05) is 6.07 Å². The van der Waals surface area contributed by atoms with Crippen LogP contribution in [0.2, 0.25) is 0 Å². The van der Waals surface area contributed by atoms with E-state index in [1.54, 1.807) is 6.92 Å². The van der Waals surface area contributed by atoms with Gasteiger partial charge >= 0.3 is 0 Å². The predicted molar refractivity (Wildman–Crippen MR) is 51.0 cm³/mol. The van der Waals surface area contributed by atoms with Gasteiger partial charge in [-0.2, -0.15) is 0 Å². The minimum atomic E-state index is -0.408. The van der Waals surface area contributed by atoms with E-state index in [1.165, 1.54) is 5.56 Å². The zero-order valence-electron chi connectivity index (χ0n) is 8.00. The van der Waals surface area contributed by atoms with E-state index in [9.17, 15) is 5.11 Å². The van der Waals surface area contributed by atoms with Gasteiger partial charge in [0.15, 0.2) is 0 Å². The minimum Gasteiger partial charge on any atom is -0.493 e. The molecule has 1 heterocycles. The van der Waals surface area contributed by atoms with E-state index in [2.05, 4.69) is 6.07 Å². The molecule has 0 saturated heterocycles. The molecule has 0 radical (unpaired) electrons. The van der Waals surface area contributed by atoms with Gasteiger partial charge < -0.3 is 9.84 Å². The van der Waals surface area contributed by atoms with Crippen molar-refractivity contribution in [1.82, 2.24) is 0 Å². The number of aryl methyl sites for hydroxylation is 1. The summed E-state index contributed by atoms with van der Waals surface area (Å²) in [5.74, 6) is 0.946. The Morgan fingerprint density at radius 3 is 2.92 bits per heavy atom. The Balaban J connectivity index is 2.49. The Hall–Kier alpha value is -1.02. The lowest BCUT2D eigenvalue weighted by molar-refractivity contribution is 0.198. The number of hydrogen-bond donors (Lipinski definition) is 1. The van der Waals surface area contributed by atoms with Crippen molar-refractivity contribution in [3.63, 3.8) is 0 Å². The Morgan fingerprint density at radius 1 is 1.46 bits per heavy atom. The molecular weight excluding hydrogens is 164 g/mol. The first-order valence-corrected chi connectivity index (χ1v) is 4.63. The first kappa shape index (κ1) is 8.57. The molecule has 2 rings (SSSR count). The van der Waals surface area contributed by atoms with Crippen LogP contribution < -0.4 is 4.74 Å². The number of fused-ring (bicyclic) bond motifs is 1. The standard InChI is InChI=1S/C11H14O2/c1-7-5-9-3-4-13-11(9)6-10(7)8(2)12/h5-6,8,12H,3-4H2,1-2H3. The summed E-state index contributed by atoms with van der Waals surface area (Å²) in [6.45, 7) is 4.59. The molecule has 0 spiro atoms. The second-order valence-corrected chi connectivity index (χ2v) is 3.59. The fourth-order valence-corrected chi connectivity index (χ4v) is 1.81. The summed E-state index contributed by atoms with van der Waals surface area (Å²) in [6, 6.07) is 4.08. The van der Waals surface area contributed by atoms with Crippen LogP contribution in [0.4, 0.5) is 0 Å². The van der Waals surface area contributed by atoms with Crippen LogP contribution in [0, 0.1) is 6.92 Å². The third-order valence-corrected chi connectivity index (χ3v) is 2.53. The van der Waals surface area contributed by atoms with E-state index >= 15 is 0 Å². The molecule has 13 heavy (non-hydrogen) atoms. The van der Waals surface area contributed by atoms with Crippen molar-refractivity contribution in [3.8, 4) is 5.75 Å². The fourth-order valence-electron chi connectivity index (χ4n) is 1.81. The van der Waals surface area contributed by atoms with Crippen LogP contribution in [-0.4, -0.2) is 11.7 Å². The smallest absolute Gasteiger partial charge is 0.123 e. The highest BCUT2D eigenvalue weighted by Gasteiger charge is 2.15. The largest absolute Gasteiger partial charge is 0.493 e. The quantitative estimate of drug-likeness (QED) is 0.712. The van der Waals surface area contributed by atoms with Crippen LogP contribution >= 0.6 is 0 Å². The number of rotatable bonds is 1. The minimum absolute atomic E-state index is 0.408. The van der Waals surface area contributed by atoms with Crippen LogP contribution in [0.15, 0.2) is 12.1 Å². The topological polar surface area (TPSA) is 29.5 Å². The number of aliphatic hydroxyl groups is 1. The highest BCUT2D eigenvalue weighted by atomic mass is 16.5. The van der Waals surface area contributed by atoms with Gasteiger partial charge in [0.25, 0.3) is 0 Å². The molecule has 0 saturated carbocycles. The average Bonchev–Trinajstić information content (AvgIpc) is 2.48. The van der Waals surface area contributed by atoms with Gasteiger partial charge in [-0.25, -0.2) is 0 Å². The van der Waals surface area contributed by atoms with Crippen LogP contribution in [0.1, 0.15) is 29.7 Å². The molecule has 1 aromatic carbocycles. The number of hydrogen-bond acceptors (Lipinski definition) is 2. The van der Waals surface area contributed by atoms with Crippen molar-refractivity contribution in [1.29, 1.82) is 0 Å². The average molecular weight is 178 g/mol. The summed E-state index contributed by atoms with van der Waals surface area (Å²) in [6.07, 6.45) is 0.588. The number of benzene rings is 1. The van der Waals surface area contributed by atoms with E-state index in [-0.39, 0.29) is 0 Å². The maximum Gasteiger partial charge on any atom is 0.123 e. The molecule has 1 unspecified atom stereocenters. The lowest BCUT2D eigenvalue weighted by Gasteiger charge is -2.10. The first-order valence-electron chi connectivity index (χ1n) is 4.63. The van der Waals surface area contributed by atoms with Gasteiger partial charge in [0.2, 0.25) is 0 Å². The van der Waals surface area contributed by atoms with Gasteiger partial charge in [-0.05, 0) is 36.6 Å². The molecule has 1 atom stereocenters. The van der Waals surface area contributed by atoms with Crippen LogP contribution in [-0.2, 0) is 6.42 Å². The van der Waals surface area contributed by atoms with Crippen molar-refractivity contribution >= 4 is 0 Å². The number of aliphatic hydroxyl groups excluding tert-OH is 1. The molecule has 0 amide bonds. The Morgan fingerprint density at radius 2 is 2.23 bits per heavy atom. The van der Waals surface area contributed by atoms with Crippen LogP contribution in [0.25, 0.3) is 0 Å². The van der Waals surface area contributed by atoms with E-state index in [0.29, 0.717) is 0 Å². The second kappa shape index (κ2) is 3.04. The molecule has 1 aliphatic heterocycles. The van der Waals surface area contributed by atoms with Crippen molar-refractivity contribution in [2.75, 3.05) is 6.61 Å². The van der Waals surface area contributed by atoms with Crippen molar-refractivity contribution in [2.45, 2.75) is 26.4 Å². The predicted octanol–water partition coefficient (Wildman–Crippen LogP) is 1.98. The normalized spacial score (nSPS) is 16.5. The lowest BCUT2D eigenvalue weighted by atomic mass is 10.0. The highest BCUT2D eigenvalue weighted by Crippen LogP contribution is 2.31. The van der Waals surface area contributed by atoms with Crippen LogP contribution in [0.3, 0.4) is 0 Å². The van der Waals surface area contributed by atoms with E-state index in [4.69, 9.17) is 4.74 Å². The van der Waals surface area contributed by atoms with Gasteiger partial charge in [0, 0.05) is 6.42 Å². The SMILES string of the molecule is Cc1cc2c(cc1C(C)O)OCC2. The fraction of sp³-hybridized carbons (Fsp3) is 0.455. The second-order valence-electron chi connectivity index (χ2n) is 3.59. The van der Waals surface area contributed by atoms with Gasteiger partial charge in [-0.15, -0.1) is 0 Å². The summed E-state index contributed by atoms with van der Waals surface area (Å²) in [7, 11) is 0. The molecule has 0 bridgehead atoms. The van der Waals surface area contributed by atoms with E-state index < -0.39 is 6.10 Å². The monoisotopic (exact) mass is 178 g/mol. The van der Waals surface area contributed by atoms with Crippen molar-refractivity contribution in [3.05, 3.63) is 28.8 Å². The zero-order chi connectivity index (χ0) is 9.42. The van der Waals surface area contributed by atoms with Crippen molar-refractivity contribution < 1.29 is 9.84 Å². The molecule has 0 aliphatic carbocycles. The molecular formula is C11H14O2. The van der Waals surface area contributed by atoms with E-state index in [1.807, 2.05) is 13.0 Å². The maximum absolute atomic E-state index is 9.48. The Kier molecular flexibility index (Phi) is 2.00. The van der Waals surface area contributed by atoms with Crippen LogP contribution in [0.5, 0.6) is 5.75 Å². The molecule has 70 valence electrons. The molecule has 0 fully saturated rings.